The number of carbonyl (C=O) groups is 2. The average Bonchev–Trinajstić information content (AvgIpc) is 2.37. The van der Waals surface area contributed by atoms with Gasteiger partial charge in [0.2, 0.25) is 0 Å². The Morgan fingerprint density at radius 2 is 1.17 bits per heavy atom. The second-order valence-electron chi connectivity index (χ2n) is 2.92. The average molecular weight is 258 g/mol. The summed E-state index contributed by atoms with van der Waals surface area (Å²) in [5.74, 6) is 2.47. The van der Waals surface area contributed by atoms with Crippen molar-refractivity contribution in [1.82, 2.24) is 0 Å². The Morgan fingerprint density at radius 3 is 1.50 bits per heavy atom. The van der Waals surface area contributed by atoms with Gasteiger partial charge in [-0.2, -0.15) is 0 Å². The van der Waals surface area contributed by atoms with Crippen LogP contribution in [0.15, 0.2) is 0 Å². The van der Waals surface area contributed by atoms with Crippen LogP contribution in [0.5, 0.6) is 0 Å². The third-order valence-corrected chi connectivity index (χ3v) is 1.60. The molecule has 0 spiro atoms. The van der Waals surface area contributed by atoms with Crippen LogP contribution >= 0.6 is 0 Å². The lowest BCUT2D eigenvalue weighted by atomic mass is 10.5. The van der Waals surface area contributed by atoms with Crippen molar-refractivity contribution in [3.63, 3.8) is 0 Å². The molecule has 0 atom stereocenters. The minimum Gasteiger partial charge on any atom is -0.454 e. The second kappa shape index (κ2) is 11.9. The summed E-state index contributed by atoms with van der Waals surface area (Å²) in [6.45, 7) is 5.61. The molecule has 0 aliphatic rings. The predicted octanol–water partition coefficient (Wildman–Crippen LogP) is 0.149. The Hall–Kier alpha value is -1.58. The maximum atomic E-state index is 11.0. The first kappa shape index (κ1) is 16.4. The maximum Gasteiger partial charge on any atom is 0.385 e. The lowest BCUT2D eigenvalue weighted by molar-refractivity contribution is -0.140. The highest BCUT2D eigenvalue weighted by Crippen LogP contribution is 1.82. The van der Waals surface area contributed by atoms with Crippen LogP contribution in [0, 0.1) is 11.8 Å². The molecule has 0 aromatic heterocycles. The molecule has 0 aliphatic carbocycles. The summed E-state index contributed by atoms with van der Waals surface area (Å²) in [4.78, 5) is 22.0. The van der Waals surface area contributed by atoms with Crippen LogP contribution in [0.3, 0.4) is 0 Å². The van der Waals surface area contributed by atoms with E-state index in [9.17, 15) is 9.59 Å². The standard InChI is InChI=1S/C12H18O6/c1-3-15-7-9-17-11(13)5-6-12(14)18-10-8-16-4-2/h3-4,7-10H2,1-2H3. The van der Waals surface area contributed by atoms with Crippen molar-refractivity contribution in [3.05, 3.63) is 0 Å². The van der Waals surface area contributed by atoms with Gasteiger partial charge in [0.05, 0.1) is 13.2 Å². The lowest BCUT2D eigenvalue weighted by Gasteiger charge is -2.00. The minimum atomic E-state index is -0.781. The predicted molar refractivity (Wildman–Crippen MR) is 62.7 cm³/mol. The molecule has 6 heteroatoms. The first-order valence-corrected chi connectivity index (χ1v) is 5.71. The van der Waals surface area contributed by atoms with E-state index in [1.807, 2.05) is 25.7 Å². The van der Waals surface area contributed by atoms with Gasteiger partial charge in [0.1, 0.15) is 13.2 Å². The Morgan fingerprint density at radius 1 is 0.778 bits per heavy atom. The van der Waals surface area contributed by atoms with Crippen LogP contribution in [0.2, 0.25) is 0 Å². The third kappa shape index (κ3) is 10.9. The van der Waals surface area contributed by atoms with Crippen LogP contribution < -0.4 is 0 Å². The molecule has 0 rings (SSSR count). The van der Waals surface area contributed by atoms with E-state index in [1.165, 1.54) is 0 Å². The molecule has 0 unspecified atom stereocenters. The Bertz CT molecular complexity index is 273. The first-order chi connectivity index (χ1) is 8.70. The zero-order valence-corrected chi connectivity index (χ0v) is 10.7. The molecule has 0 saturated carbocycles. The Kier molecular flexibility index (Phi) is 10.8. The fourth-order valence-corrected chi connectivity index (χ4v) is 0.849. The van der Waals surface area contributed by atoms with E-state index in [-0.39, 0.29) is 13.2 Å². The molecule has 0 fully saturated rings. The molecule has 0 radical (unpaired) electrons. The molecule has 102 valence electrons. The highest BCUT2D eigenvalue weighted by molar-refractivity contribution is 5.98. The van der Waals surface area contributed by atoms with Gasteiger partial charge in [-0.1, -0.05) is 0 Å². The lowest BCUT2D eigenvalue weighted by Crippen LogP contribution is -2.11. The van der Waals surface area contributed by atoms with Gasteiger partial charge in [-0.15, -0.1) is 0 Å². The maximum absolute atomic E-state index is 11.0. The Balaban J connectivity index is 3.65. The van der Waals surface area contributed by atoms with Gasteiger partial charge < -0.3 is 18.9 Å². The zero-order valence-electron chi connectivity index (χ0n) is 10.7. The monoisotopic (exact) mass is 258 g/mol. The summed E-state index contributed by atoms with van der Waals surface area (Å²) in [7, 11) is 0. The molecule has 6 nitrogen and oxygen atoms in total. The number of carbonyl (C=O) groups excluding carboxylic acids is 2. The van der Waals surface area contributed by atoms with Crippen molar-refractivity contribution >= 4 is 11.9 Å². The van der Waals surface area contributed by atoms with Crippen LogP contribution in [-0.4, -0.2) is 51.6 Å². The minimum absolute atomic E-state index is 0.112. The number of rotatable bonds is 8. The second-order valence-corrected chi connectivity index (χ2v) is 2.92. The number of ether oxygens (including phenoxy) is 4. The van der Waals surface area contributed by atoms with Crippen LogP contribution in [-0.2, 0) is 28.5 Å². The third-order valence-electron chi connectivity index (χ3n) is 1.60. The molecular weight excluding hydrogens is 240 g/mol. The van der Waals surface area contributed by atoms with Crippen molar-refractivity contribution < 1.29 is 28.5 Å². The van der Waals surface area contributed by atoms with Gasteiger partial charge in [0.25, 0.3) is 0 Å². The molecule has 0 aliphatic heterocycles. The summed E-state index contributed by atoms with van der Waals surface area (Å²) < 4.78 is 19.2. The largest absolute Gasteiger partial charge is 0.454 e. The summed E-state index contributed by atoms with van der Waals surface area (Å²) in [5.41, 5.74) is 0. The number of hydrogen-bond donors (Lipinski definition) is 0. The van der Waals surface area contributed by atoms with Crippen molar-refractivity contribution in [2.24, 2.45) is 0 Å². The molecule has 0 aromatic rings. The SMILES string of the molecule is CCOCCOC(=O)C#CC(=O)OCCOCC. The molecule has 0 aromatic carbocycles. The fourth-order valence-electron chi connectivity index (χ4n) is 0.849. The van der Waals surface area contributed by atoms with Gasteiger partial charge in [0, 0.05) is 25.1 Å². The summed E-state index contributed by atoms with van der Waals surface area (Å²) >= 11 is 0. The van der Waals surface area contributed by atoms with Crippen molar-refractivity contribution in [2.75, 3.05) is 39.6 Å². The summed E-state index contributed by atoms with van der Waals surface area (Å²) in [6.07, 6.45) is 0. The van der Waals surface area contributed by atoms with Gasteiger partial charge in [-0.25, -0.2) is 9.59 Å². The van der Waals surface area contributed by atoms with Gasteiger partial charge in [-0.05, 0) is 13.8 Å². The smallest absolute Gasteiger partial charge is 0.385 e. The number of hydrogen-bond acceptors (Lipinski definition) is 6. The van der Waals surface area contributed by atoms with E-state index < -0.39 is 11.9 Å². The topological polar surface area (TPSA) is 71.1 Å². The van der Waals surface area contributed by atoms with Crippen LogP contribution in [0.1, 0.15) is 13.8 Å². The Labute approximate surface area is 107 Å². The van der Waals surface area contributed by atoms with E-state index >= 15 is 0 Å². The van der Waals surface area contributed by atoms with Gasteiger partial charge >= 0.3 is 11.9 Å². The molecule has 18 heavy (non-hydrogen) atoms. The highest BCUT2D eigenvalue weighted by atomic mass is 16.6. The normalized spacial score (nSPS) is 9.22. The zero-order chi connectivity index (χ0) is 13.6. The van der Waals surface area contributed by atoms with E-state index in [0.717, 1.165) is 0 Å². The van der Waals surface area contributed by atoms with Crippen molar-refractivity contribution in [3.8, 4) is 11.8 Å². The van der Waals surface area contributed by atoms with Crippen LogP contribution in [0.4, 0.5) is 0 Å². The molecular formula is C12H18O6. The van der Waals surface area contributed by atoms with E-state index in [0.29, 0.717) is 26.4 Å². The molecule has 0 bridgehead atoms. The molecule has 0 amide bonds. The quantitative estimate of drug-likeness (QED) is 0.267. The van der Waals surface area contributed by atoms with Gasteiger partial charge in [-0.3, -0.25) is 0 Å². The fraction of sp³-hybridized carbons (Fsp3) is 0.667. The summed E-state index contributed by atoms with van der Waals surface area (Å²) in [6, 6.07) is 0. The highest BCUT2D eigenvalue weighted by Gasteiger charge is 2.00. The number of esters is 2. The van der Waals surface area contributed by atoms with Crippen molar-refractivity contribution in [1.29, 1.82) is 0 Å². The van der Waals surface area contributed by atoms with Gasteiger partial charge in [0.15, 0.2) is 0 Å². The molecule has 0 N–H and O–H groups in total. The molecule has 0 heterocycles. The first-order valence-electron chi connectivity index (χ1n) is 5.71. The van der Waals surface area contributed by atoms with Crippen LogP contribution in [0.25, 0.3) is 0 Å². The van der Waals surface area contributed by atoms with E-state index in [1.54, 1.807) is 0 Å². The molecule has 0 saturated heterocycles. The van der Waals surface area contributed by atoms with E-state index in [2.05, 4.69) is 9.47 Å². The summed E-state index contributed by atoms with van der Waals surface area (Å²) in [5, 5.41) is 0. The van der Waals surface area contributed by atoms with Crippen molar-refractivity contribution in [2.45, 2.75) is 13.8 Å². The van der Waals surface area contributed by atoms with E-state index in [4.69, 9.17) is 9.47 Å².